The Bertz CT molecular complexity index is 669. The van der Waals surface area contributed by atoms with Crippen LogP contribution in [0.2, 0.25) is 0 Å². The molecule has 2 aromatic rings. The van der Waals surface area contributed by atoms with Crippen LogP contribution in [0.5, 0.6) is 0 Å². The van der Waals surface area contributed by atoms with E-state index in [1.165, 1.54) is 6.07 Å². The van der Waals surface area contributed by atoms with Gasteiger partial charge >= 0.3 is 6.18 Å². The first kappa shape index (κ1) is 16.0. The predicted molar refractivity (Wildman–Crippen MR) is 77.7 cm³/mol. The zero-order valence-electron chi connectivity index (χ0n) is 12.7. The van der Waals surface area contributed by atoms with E-state index in [1.54, 1.807) is 19.1 Å². The van der Waals surface area contributed by atoms with E-state index in [9.17, 15) is 13.2 Å². The SMILES string of the molecule is Cc1nnc(CN[C@H]2CCC[C@H]2c2ccccc2C(F)(F)F)o1. The molecule has 1 heterocycles. The van der Waals surface area contributed by atoms with Gasteiger partial charge in [0.15, 0.2) is 0 Å². The lowest BCUT2D eigenvalue weighted by Crippen LogP contribution is -2.31. The van der Waals surface area contributed by atoms with Gasteiger partial charge in [0.25, 0.3) is 0 Å². The molecule has 1 fully saturated rings. The highest BCUT2D eigenvalue weighted by Gasteiger charge is 2.38. The quantitative estimate of drug-likeness (QED) is 0.928. The predicted octanol–water partition coefficient (Wildman–Crippen LogP) is 3.82. The highest BCUT2D eigenvalue weighted by molar-refractivity contribution is 5.34. The van der Waals surface area contributed by atoms with Crippen LogP contribution in [0.1, 0.15) is 48.1 Å². The van der Waals surface area contributed by atoms with E-state index >= 15 is 0 Å². The van der Waals surface area contributed by atoms with Crippen molar-refractivity contribution < 1.29 is 17.6 Å². The highest BCUT2D eigenvalue weighted by atomic mass is 19.4. The molecule has 0 spiro atoms. The molecule has 0 aliphatic heterocycles. The van der Waals surface area contributed by atoms with Gasteiger partial charge < -0.3 is 9.73 Å². The molecule has 1 aromatic carbocycles. The number of hydrogen-bond acceptors (Lipinski definition) is 4. The van der Waals surface area contributed by atoms with E-state index in [4.69, 9.17) is 4.42 Å². The van der Waals surface area contributed by atoms with Crippen LogP contribution in [0.3, 0.4) is 0 Å². The van der Waals surface area contributed by atoms with Crippen LogP contribution in [-0.4, -0.2) is 16.2 Å². The van der Waals surface area contributed by atoms with Gasteiger partial charge in [-0.25, -0.2) is 0 Å². The lowest BCUT2D eigenvalue weighted by atomic mass is 9.90. The highest BCUT2D eigenvalue weighted by Crippen LogP contribution is 2.41. The number of alkyl halides is 3. The number of aryl methyl sites for hydroxylation is 1. The van der Waals surface area contributed by atoms with E-state index in [0.717, 1.165) is 25.3 Å². The summed E-state index contributed by atoms with van der Waals surface area (Å²) < 4.78 is 45.0. The van der Waals surface area contributed by atoms with E-state index < -0.39 is 11.7 Å². The Balaban J connectivity index is 1.77. The van der Waals surface area contributed by atoms with E-state index in [-0.39, 0.29) is 12.0 Å². The molecule has 1 aliphatic rings. The largest absolute Gasteiger partial charge is 0.424 e. The molecule has 124 valence electrons. The molecule has 0 bridgehead atoms. The second-order valence-corrected chi connectivity index (χ2v) is 5.82. The molecule has 0 unspecified atom stereocenters. The summed E-state index contributed by atoms with van der Waals surface area (Å²) in [7, 11) is 0. The lowest BCUT2D eigenvalue weighted by molar-refractivity contribution is -0.138. The number of aromatic nitrogens is 2. The molecule has 1 N–H and O–H groups in total. The Kier molecular flexibility index (Phi) is 4.39. The normalized spacial score (nSPS) is 21.7. The molecular weight excluding hydrogens is 307 g/mol. The van der Waals surface area contributed by atoms with Gasteiger partial charge in [-0.3, -0.25) is 0 Å². The van der Waals surface area contributed by atoms with Crippen LogP contribution in [0.15, 0.2) is 28.7 Å². The number of nitrogens with zero attached hydrogens (tertiary/aromatic N) is 2. The monoisotopic (exact) mass is 325 g/mol. The molecule has 1 saturated carbocycles. The Hall–Kier alpha value is -1.89. The number of rotatable bonds is 4. The maximum absolute atomic E-state index is 13.2. The van der Waals surface area contributed by atoms with E-state index in [2.05, 4.69) is 15.5 Å². The third-order valence-corrected chi connectivity index (χ3v) is 4.26. The Morgan fingerprint density at radius 3 is 2.70 bits per heavy atom. The minimum Gasteiger partial charge on any atom is -0.424 e. The number of halogens is 3. The lowest BCUT2D eigenvalue weighted by Gasteiger charge is -2.24. The first-order valence-corrected chi connectivity index (χ1v) is 7.63. The number of benzene rings is 1. The second-order valence-electron chi connectivity index (χ2n) is 5.82. The van der Waals surface area contributed by atoms with Crippen molar-refractivity contribution in [3.63, 3.8) is 0 Å². The van der Waals surface area contributed by atoms with E-state index in [0.29, 0.717) is 23.9 Å². The van der Waals surface area contributed by atoms with Crippen molar-refractivity contribution in [2.45, 2.75) is 50.9 Å². The third-order valence-electron chi connectivity index (χ3n) is 4.26. The smallest absolute Gasteiger partial charge is 0.416 e. The van der Waals surface area contributed by atoms with Crippen LogP contribution in [0, 0.1) is 6.92 Å². The first-order chi connectivity index (χ1) is 10.9. The average molecular weight is 325 g/mol. The van der Waals surface area contributed by atoms with Crippen molar-refractivity contribution >= 4 is 0 Å². The third kappa shape index (κ3) is 3.55. The summed E-state index contributed by atoms with van der Waals surface area (Å²) in [5.74, 6) is 0.779. The Labute approximate surface area is 132 Å². The van der Waals surface area contributed by atoms with Gasteiger partial charge in [-0.15, -0.1) is 10.2 Å². The summed E-state index contributed by atoms with van der Waals surface area (Å²) >= 11 is 0. The van der Waals surface area contributed by atoms with Crippen molar-refractivity contribution in [3.05, 3.63) is 47.2 Å². The Morgan fingerprint density at radius 1 is 1.22 bits per heavy atom. The van der Waals surface area contributed by atoms with Crippen LogP contribution in [0.4, 0.5) is 13.2 Å². The molecule has 3 rings (SSSR count). The van der Waals surface area contributed by atoms with E-state index in [1.807, 2.05) is 0 Å². The molecule has 4 nitrogen and oxygen atoms in total. The van der Waals surface area contributed by atoms with Crippen molar-refractivity contribution in [1.29, 1.82) is 0 Å². The number of hydrogen-bond donors (Lipinski definition) is 1. The van der Waals surface area contributed by atoms with Crippen molar-refractivity contribution in [2.75, 3.05) is 0 Å². The summed E-state index contributed by atoms with van der Waals surface area (Å²) in [5, 5.41) is 10.9. The van der Waals surface area contributed by atoms with Gasteiger partial charge in [-0.2, -0.15) is 13.2 Å². The molecule has 1 aliphatic carbocycles. The maximum Gasteiger partial charge on any atom is 0.416 e. The fraction of sp³-hybridized carbons (Fsp3) is 0.500. The second kappa shape index (κ2) is 6.31. The van der Waals surface area contributed by atoms with Gasteiger partial charge in [-0.05, 0) is 30.4 Å². The van der Waals surface area contributed by atoms with Crippen LogP contribution in [-0.2, 0) is 12.7 Å². The topological polar surface area (TPSA) is 51.0 Å². The van der Waals surface area contributed by atoms with Gasteiger partial charge in [0.2, 0.25) is 11.8 Å². The van der Waals surface area contributed by atoms with Crippen LogP contribution >= 0.6 is 0 Å². The van der Waals surface area contributed by atoms with Crippen molar-refractivity contribution in [1.82, 2.24) is 15.5 Å². The molecule has 0 radical (unpaired) electrons. The van der Waals surface area contributed by atoms with Gasteiger partial charge in [0, 0.05) is 13.0 Å². The average Bonchev–Trinajstić information content (AvgIpc) is 3.13. The van der Waals surface area contributed by atoms with Crippen LogP contribution in [0.25, 0.3) is 0 Å². The summed E-state index contributed by atoms with van der Waals surface area (Å²) in [6.45, 7) is 2.07. The van der Waals surface area contributed by atoms with Gasteiger partial charge in [0.1, 0.15) is 0 Å². The summed E-state index contributed by atoms with van der Waals surface area (Å²) in [5.41, 5.74) is -0.163. The van der Waals surface area contributed by atoms with Crippen LogP contribution < -0.4 is 5.32 Å². The minimum atomic E-state index is -4.33. The van der Waals surface area contributed by atoms with Crippen molar-refractivity contribution in [3.8, 4) is 0 Å². The first-order valence-electron chi connectivity index (χ1n) is 7.63. The fourth-order valence-electron chi connectivity index (χ4n) is 3.28. The van der Waals surface area contributed by atoms with Crippen molar-refractivity contribution in [2.24, 2.45) is 0 Å². The molecule has 7 heteroatoms. The molecular formula is C16H18F3N3O. The van der Waals surface area contributed by atoms with Gasteiger partial charge in [0.05, 0.1) is 12.1 Å². The number of nitrogens with one attached hydrogen (secondary N) is 1. The molecule has 1 aromatic heterocycles. The molecule has 0 saturated heterocycles. The Morgan fingerprint density at radius 2 is 2.00 bits per heavy atom. The molecule has 2 atom stereocenters. The summed E-state index contributed by atoms with van der Waals surface area (Å²) in [6.07, 6.45) is -1.84. The summed E-state index contributed by atoms with van der Waals surface area (Å²) in [6, 6.07) is 5.83. The standard InChI is InChI=1S/C16H18F3N3O/c1-10-21-22-15(23-10)9-20-14-8-4-6-12(14)11-5-2-3-7-13(11)16(17,18)19/h2-3,5,7,12,14,20H,4,6,8-9H2,1H3/t12-,14-/m0/s1. The fourth-order valence-corrected chi connectivity index (χ4v) is 3.28. The zero-order valence-corrected chi connectivity index (χ0v) is 12.7. The van der Waals surface area contributed by atoms with Gasteiger partial charge in [-0.1, -0.05) is 24.6 Å². The summed E-state index contributed by atoms with van der Waals surface area (Å²) in [4.78, 5) is 0. The molecule has 23 heavy (non-hydrogen) atoms. The minimum absolute atomic E-state index is 0.0225. The zero-order chi connectivity index (χ0) is 16.4. The maximum atomic E-state index is 13.2. The molecule has 0 amide bonds.